The molecule has 3 aromatic rings. The van der Waals surface area contributed by atoms with Crippen molar-refractivity contribution in [2.75, 3.05) is 11.9 Å². The lowest BCUT2D eigenvalue weighted by molar-refractivity contribution is -0.118. The van der Waals surface area contributed by atoms with Crippen molar-refractivity contribution in [1.29, 1.82) is 0 Å². The number of nitrogens with one attached hydrogen (secondary N) is 1. The van der Waals surface area contributed by atoms with Crippen LogP contribution in [0.4, 0.5) is 5.69 Å². The third-order valence-corrected chi connectivity index (χ3v) is 3.83. The summed E-state index contributed by atoms with van der Waals surface area (Å²) in [6.07, 6.45) is 1.65. The number of anilines is 1. The Bertz CT molecular complexity index is 725. The molecular weight excluding hydrogens is 296 g/mol. The van der Waals surface area contributed by atoms with Crippen LogP contribution in [0, 0.1) is 0 Å². The number of nitrogens with zero attached hydrogens (tertiary/aromatic N) is 1. The van der Waals surface area contributed by atoms with Gasteiger partial charge in [0.15, 0.2) is 6.61 Å². The molecule has 0 saturated carbocycles. The zero-order valence-electron chi connectivity index (χ0n) is 11.7. The molecule has 3 rings (SSSR count). The van der Waals surface area contributed by atoms with E-state index in [2.05, 4.69) is 10.3 Å². The van der Waals surface area contributed by atoms with E-state index in [-0.39, 0.29) is 12.5 Å². The molecule has 0 radical (unpaired) electrons. The lowest BCUT2D eigenvalue weighted by Gasteiger charge is -2.07. The maximum atomic E-state index is 11.8. The van der Waals surface area contributed by atoms with Gasteiger partial charge in [0.1, 0.15) is 5.75 Å². The monoisotopic (exact) mass is 310 g/mol. The normalized spacial score (nSPS) is 10.2. The van der Waals surface area contributed by atoms with Crippen LogP contribution in [0.1, 0.15) is 0 Å². The summed E-state index contributed by atoms with van der Waals surface area (Å²) in [5, 5.41) is 4.77. The van der Waals surface area contributed by atoms with Crippen molar-refractivity contribution in [1.82, 2.24) is 4.98 Å². The number of rotatable bonds is 5. The molecule has 1 amide bonds. The van der Waals surface area contributed by atoms with Crippen LogP contribution in [-0.2, 0) is 4.79 Å². The van der Waals surface area contributed by atoms with Gasteiger partial charge in [-0.1, -0.05) is 24.3 Å². The molecule has 4 nitrogen and oxygen atoms in total. The SMILES string of the molecule is O=C(COc1ccccc1)Nc1ccc(-c2cccs2)nc1. The molecule has 0 aliphatic rings. The summed E-state index contributed by atoms with van der Waals surface area (Å²) in [4.78, 5) is 17.3. The Labute approximate surface area is 132 Å². The molecule has 1 aromatic carbocycles. The fourth-order valence-electron chi connectivity index (χ4n) is 1.90. The largest absolute Gasteiger partial charge is 0.484 e. The van der Waals surface area contributed by atoms with Crippen LogP contribution in [-0.4, -0.2) is 17.5 Å². The Morgan fingerprint density at radius 1 is 1.09 bits per heavy atom. The van der Waals surface area contributed by atoms with Gasteiger partial charge in [-0.15, -0.1) is 11.3 Å². The number of amides is 1. The first kappa shape index (κ1) is 14.3. The van der Waals surface area contributed by atoms with Gasteiger partial charge in [0.2, 0.25) is 0 Å². The molecule has 0 saturated heterocycles. The molecule has 1 N–H and O–H groups in total. The number of pyridine rings is 1. The van der Waals surface area contributed by atoms with Gasteiger partial charge >= 0.3 is 0 Å². The molecule has 22 heavy (non-hydrogen) atoms. The first-order valence-corrected chi connectivity index (χ1v) is 7.67. The third kappa shape index (κ3) is 3.71. The molecule has 0 aliphatic heterocycles. The number of hydrogen-bond acceptors (Lipinski definition) is 4. The van der Waals surface area contributed by atoms with Crippen LogP contribution in [0.5, 0.6) is 5.75 Å². The zero-order chi connectivity index (χ0) is 15.2. The minimum absolute atomic E-state index is 0.0311. The smallest absolute Gasteiger partial charge is 0.262 e. The average Bonchev–Trinajstić information content (AvgIpc) is 3.09. The molecule has 0 spiro atoms. The highest BCUT2D eigenvalue weighted by Crippen LogP contribution is 2.23. The molecule has 0 fully saturated rings. The molecule has 0 atom stereocenters. The number of thiophene rings is 1. The molecule has 0 unspecified atom stereocenters. The fraction of sp³-hybridized carbons (Fsp3) is 0.0588. The van der Waals surface area contributed by atoms with Crippen LogP contribution in [0.15, 0.2) is 66.2 Å². The molecule has 0 aliphatic carbocycles. The summed E-state index contributed by atoms with van der Waals surface area (Å²) in [5.41, 5.74) is 1.55. The second-order valence-corrected chi connectivity index (χ2v) is 5.51. The van der Waals surface area contributed by atoms with Gasteiger partial charge in [-0.3, -0.25) is 9.78 Å². The standard InChI is InChI=1S/C17H14N2O2S/c20-17(12-21-14-5-2-1-3-6-14)19-13-8-9-15(18-11-13)16-7-4-10-22-16/h1-11H,12H2,(H,19,20). The summed E-state index contributed by atoms with van der Waals surface area (Å²) in [6.45, 7) is -0.0311. The van der Waals surface area contributed by atoms with Gasteiger partial charge < -0.3 is 10.1 Å². The number of carbonyl (C=O) groups is 1. The van der Waals surface area contributed by atoms with Crippen LogP contribution in [0.2, 0.25) is 0 Å². The topological polar surface area (TPSA) is 51.2 Å². The number of hydrogen-bond donors (Lipinski definition) is 1. The van der Waals surface area contributed by atoms with E-state index >= 15 is 0 Å². The Morgan fingerprint density at radius 3 is 2.64 bits per heavy atom. The van der Waals surface area contributed by atoms with Gasteiger partial charge in [-0.2, -0.15) is 0 Å². The maximum absolute atomic E-state index is 11.8. The number of benzene rings is 1. The summed E-state index contributed by atoms with van der Waals surface area (Å²) >= 11 is 1.63. The molecule has 2 aromatic heterocycles. The van der Waals surface area contributed by atoms with Crippen LogP contribution >= 0.6 is 11.3 Å². The van der Waals surface area contributed by atoms with E-state index in [9.17, 15) is 4.79 Å². The Kier molecular flexibility index (Phi) is 4.46. The van der Waals surface area contributed by atoms with Crippen molar-refractivity contribution >= 4 is 22.9 Å². The average molecular weight is 310 g/mol. The van der Waals surface area contributed by atoms with Crippen molar-refractivity contribution in [3.05, 3.63) is 66.2 Å². The highest BCUT2D eigenvalue weighted by molar-refractivity contribution is 7.13. The molecule has 5 heteroatoms. The Hall–Kier alpha value is -2.66. The minimum Gasteiger partial charge on any atom is -0.484 e. The predicted molar refractivity (Wildman–Crippen MR) is 88.1 cm³/mol. The minimum atomic E-state index is -0.213. The molecule has 0 bridgehead atoms. The van der Waals surface area contributed by atoms with Gasteiger partial charge in [0, 0.05) is 0 Å². The molecular formula is C17H14N2O2S. The van der Waals surface area contributed by atoms with E-state index in [0.29, 0.717) is 11.4 Å². The Morgan fingerprint density at radius 2 is 1.95 bits per heavy atom. The maximum Gasteiger partial charge on any atom is 0.262 e. The summed E-state index contributed by atoms with van der Waals surface area (Å²) in [7, 11) is 0. The van der Waals surface area contributed by atoms with E-state index in [0.717, 1.165) is 10.6 Å². The van der Waals surface area contributed by atoms with Crippen molar-refractivity contribution in [2.24, 2.45) is 0 Å². The lowest BCUT2D eigenvalue weighted by Crippen LogP contribution is -2.20. The lowest BCUT2D eigenvalue weighted by atomic mass is 10.3. The second-order valence-electron chi connectivity index (χ2n) is 4.56. The number of carbonyl (C=O) groups excluding carboxylic acids is 1. The van der Waals surface area contributed by atoms with E-state index in [1.807, 2.05) is 60.0 Å². The van der Waals surface area contributed by atoms with Gasteiger partial charge in [0.05, 0.1) is 22.5 Å². The van der Waals surface area contributed by atoms with Crippen LogP contribution in [0.3, 0.4) is 0 Å². The summed E-state index contributed by atoms with van der Waals surface area (Å²) in [6, 6.07) is 17.0. The van der Waals surface area contributed by atoms with Crippen molar-refractivity contribution < 1.29 is 9.53 Å². The Balaban J connectivity index is 1.55. The summed E-state index contributed by atoms with van der Waals surface area (Å²) < 4.78 is 5.39. The zero-order valence-corrected chi connectivity index (χ0v) is 12.5. The van der Waals surface area contributed by atoms with Gasteiger partial charge in [0.25, 0.3) is 5.91 Å². The van der Waals surface area contributed by atoms with Crippen molar-refractivity contribution in [3.63, 3.8) is 0 Å². The van der Waals surface area contributed by atoms with E-state index in [1.54, 1.807) is 17.5 Å². The summed E-state index contributed by atoms with van der Waals surface area (Å²) in [5.74, 6) is 0.457. The van der Waals surface area contributed by atoms with Crippen LogP contribution < -0.4 is 10.1 Å². The van der Waals surface area contributed by atoms with E-state index in [4.69, 9.17) is 4.74 Å². The molecule has 2 heterocycles. The highest BCUT2D eigenvalue weighted by Gasteiger charge is 2.05. The van der Waals surface area contributed by atoms with E-state index < -0.39 is 0 Å². The van der Waals surface area contributed by atoms with Crippen molar-refractivity contribution in [2.45, 2.75) is 0 Å². The molecule has 110 valence electrons. The van der Waals surface area contributed by atoms with E-state index in [1.165, 1.54) is 0 Å². The fourth-order valence-corrected chi connectivity index (χ4v) is 2.60. The first-order chi connectivity index (χ1) is 10.8. The van der Waals surface area contributed by atoms with Gasteiger partial charge in [-0.05, 0) is 35.7 Å². The number of aromatic nitrogens is 1. The number of para-hydroxylation sites is 1. The quantitative estimate of drug-likeness (QED) is 0.779. The van der Waals surface area contributed by atoms with Crippen LogP contribution in [0.25, 0.3) is 10.6 Å². The predicted octanol–water partition coefficient (Wildman–Crippen LogP) is 3.83. The first-order valence-electron chi connectivity index (χ1n) is 6.79. The van der Waals surface area contributed by atoms with Gasteiger partial charge in [-0.25, -0.2) is 0 Å². The number of ether oxygens (including phenoxy) is 1. The third-order valence-electron chi connectivity index (χ3n) is 2.93. The highest BCUT2D eigenvalue weighted by atomic mass is 32.1. The second kappa shape index (κ2) is 6.87. The van der Waals surface area contributed by atoms with Crippen molar-refractivity contribution in [3.8, 4) is 16.3 Å².